The summed E-state index contributed by atoms with van der Waals surface area (Å²) in [6, 6.07) is 17.2. The Balaban J connectivity index is 1.94. The van der Waals surface area contributed by atoms with Crippen LogP contribution in [-0.2, 0) is 22.3 Å². The predicted molar refractivity (Wildman–Crippen MR) is 73.9 cm³/mol. The van der Waals surface area contributed by atoms with Crippen LogP contribution in [0.2, 0.25) is 0 Å². The first-order valence-electron chi connectivity index (χ1n) is 6.80. The van der Waals surface area contributed by atoms with Gasteiger partial charge in [-0.3, -0.25) is 0 Å². The number of hydrogen-bond donors (Lipinski definition) is 0. The van der Waals surface area contributed by atoms with E-state index in [0.717, 1.165) is 12.8 Å². The van der Waals surface area contributed by atoms with E-state index in [-0.39, 0.29) is 0 Å². The van der Waals surface area contributed by atoms with Crippen molar-refractivity contribution >= 4 is 0 Å². The van der Waals surface area contributed by atoms with E-state index in [4.69, 9.17) is 9.47 Å². The molecule has 2 aromatic carbocycles. The molecule has 0 bridgehead atoms. The Bertz CT molecular complexity index is 563. The largest absolute Gasteiger partial charge is 0.347 e. The maximum Gasteiger partial charge on any atom is 0.176 e. The third kappa shape index (κ3) is 1.79. The third-order valence-electron chi connectivity index (χ3n) is 4.06. The molecule has 1 aliphatic heterocycles. The van der Waals surface area contributed by atoms with Gasteiger partial charge in [0.15, 0.2) is 5.79 Å². The molecule has 0 unspecified atom stereocenters. The summed E-state index contributed by atoms with van der Waals surface area (Å²) in [5.74, 6) is -0.456. The molecule has 0 saturated carbocycles. The topological polar surface area (TPSA) is 18.5 Å². The van der Waals surface area contributed by atoms with E-state index < -0.39 is 5.79 Å². The minimum absolute atomic E-state index is 0.456. The van der Waals surface area contributed by atoms with Gasteiger partial charge in [-0.05, 0) is 22.3 Å². The highest BCUT2D eigenvalue weighted by Crippen LogP contribution is 2.39. The minimum atomic E-state index is -0.456. The van der Waals surface area contributed by atoms with Crippen molar-refractivity contribution < 1.29 is 9.47 Å². The normalized spacial score (nSPS) is 19.8. The maximum absolute atomic E-state index is 5.95. The molecule has 2 heteroatoms. The van der Waals surface area contributed by atoms with Crippen molar-refractivity contribution in [2.24, 2.45) is 0 Å². The van der Waals surface area contributed by atoms with Gasteiger partial charge in [-0.15, -0.1) is 0 Å². The van der Waals surface area contributed by atoms with Gasteiger partial charge in [0, 0.05) is 12.8 Å². The molecular weight excluding hydrogens is 236 g/mol. The van der Waals surface area contributed by atoms with Crippen LogP contribution in [0.5, 0.6) is 0 Å². The van der Waals surface area contributed by atoms with Crippen molar-refractivity contribution in [3.05, 3.63) is 59.7 Å². The van der Waals surface area contributed by atoms with Crippen LogP contribution in [0.3, 0.4) is 0 Å². The van der Waals surface area contributed by atoms with Crippen LogP contribution in [0.25, 0.3) is 11.1 Å². The summed E-state index contributed by atoms with van der Waals surface area (Å²) in [6.45, 7) is 1.40. The number of benzene rings is 2. The number of rotatable bonds is 0. The lowest BCUT2D eigenvalue weighted by molar-refractivity contribution is -0.154. The average molecular weight is 252 g/mol. The highest BCUT2D eigenvalue weighted by atomic mass is 16.7. The molecule has 4 rings (SSSR count). The molecule has 1 fully saturated rings. The molecule has 1 heterocycles. The molecule has 0 N–H and O–H groups in total. The number of hydrogen-bond acceptors (Lipinski definition) is 2. The van der Waals surface area contributed by atoms with E-state index >= 15 is 0 Å². The van der Waals surface area contributed by atoms with Crippen LogP contribution < -0.4 is 0 Å². The first kappa shape index (κ1) is 11.2. The second kappa shape index (κ2) is 4.19. The lowest BCUT2D eigenvalue weighted by Crippen LogP contribution is -2.34. The van der Waals surface area contributed by atoms with E-state index in [0.29, 0.717) is 13.2 Å². The molecule has 2 aromatic rings. The molecule has 19 heavy (non-hydrogen) atoms. The molecule has 2 aliphatic rings. The van der Waals surface area contributed by atoms with Gasteiger partial charge in [0.05, 0.1) is 13.2 Å². The van der Waals surface area contributed by atoms with Gasteiger partial charge < -0.3 is 9.47 Å². The van der Waals surface area contributed by atoms with Crippen molar-refractivity contribution in [1.82, 2.24) is 0 Å². The van der Waals surface area contributed by atoms with Crippen LogP contribution in [0.15, 0.2) is 48.5 Å². The lowest BCUT2D eigenvalue weighted by atomic mass is 9.97. The Morgan fingerprint density at radius 1 is 0.684 bits per heavy atom. The van der Waals surface area contributed by atoms with E-state index in [1.54, 1.807) is 0 Å². The molecule has 0 atom stereocenters. The Labute approximate surface area is 113 Å². The second-order valence-corrected chi connectivity index (χ2v) is 5.28. The summed E-state index contributed by atoms with van der Waals surface area (Å²) < 4.78 is 11.9. The summed E-state index contributed by atoms with van der Waals surface area (Å²) in [5, 5.41) is 0. The highest BCUT2D eigenvalue weighted by Gasteiger charge is 2.39. The van der Waals surface area contributed by atoms with Crippen molar-refractivity contribution in [1.29, 1.82) is 0 Å². The third-order valence-corrected chi connectivity index (χ3v) is 4.06. The number of ether oxygens (including phenoxy) is 2. The molecule has 0 amide bonds. The molecule has 0 aromatic heterocycles. The molecule has 1 aliphatic carbocycles. The molecule has 1 saturated heterocycles. The summed E-state index contributed by atoms with van der Waals surface area (Å²) in [6.07, 6.45) is 1.66. The van der Waals surface area contributed by atoms with Gasteiger partial charge in [-0.1, -0.05) is 48.5 Å². The molecule has 0 radical (unpaired) electrons. The van der Waals surface area contributed by atoms with Gasteiger partial charge in [-0.25, -0.2) is 0 Å². The summed E-state index contributed by atoms with van der Waals surface area (Å²) in [7, 11) is 0. The Morgan fingerprint density at radius 2 is 1.16 bits per heavy atom. The Hall–Kier alpha value is -1.64. The second-order valence-electron chi connectivity index (χ2n) is 5.28. The zero-order chi connectivity index (χ0) is 12.7. The van der Waals surface area contributed by atoms with Crippen LogP contribution in [0.1, 0.15) is 11.1 Å². The maximum atomic E-state index is 5.95. The molecular formula is C17H16O2. The average Bonchev–Trinajstić information content (AvgIpc) is 2.83. The summed E-state index contributed by atoms with van der Waals surface area (Å²) in [4.78, 5) is 0. The molecule has 2 nitrogen and oxygen atoms in total. The van der Waals surface area contributed by atoms with Gasteiger partial charge in [0.1, 0.15) is 0 Å². The Morgan fingerprint density at radius 3 is 1.68 bits per heavy atom. The molecule has 1 spiro atoms. The fourth-order valence-corrected chi connectivity index (χ4v) is 3.22. The van der Waals surface area contributed by atoms with Crippen LogP contribution in [0.4, 0.5) is 0 Å². The SMILES string of the molecule is c1ccc2c(c1)CC1(Cc3ccccc3-2)OCCO1. The van der Waals surface area contributed by atoms with Crippen molar-refractivity contribution in [2.45, 2.75) is 18.6 Å². The lowest BCUT2D eigenvalue weighted by Gasteiger charge is -2.26. The van der Waals surface area contributed by atoms with Crippen molar-refractivity contribution in [3.63, 3.8) is 0 Å². The predicted octanol–water partition coefficient (Wildman–Crippen LogP) is 3.20. The van der Waals surface area contributed by atoms with Crippen molar-refractivity contribution in [2.75, 3.05) is 13.2 Å². The van der Waals surface area contributed by atoms with Gasteiger partial charge in [0.2, 0.25) is 0 Å². The quantitative estimate of drug-likeness (QED) is 0.717. The fourth-order valence-electron chi connectivity index (χ4n) is 3.22. The highest BCUT2D eigenvalue weighted by molar-refractivity contribution is 5.72. The standard InChI is InChI=1S/C17H16O2/c1-3-7-15-13(5-1)11-17(18-9-10-19-17)12-14-6-2-4-8-16(14)15/h1-8H,9-12H2. The van der Waals surface area contributed by atoms with Gasteiger partial charge in [-0.2, -0.15) is 0 Å². The smallest absolute Gasteiger partial charge is 0.176 e. The van der Waals surface area contributed by atoms with Crippen LogP contribution in [0, 0.1) is 0 Å². The van der Waals surface area contributed by atoms with Gasteiger partial charge >= 0.3 is 0 Å². The van der Waals surface area contributed by atoms with Crippen LogP contribution in [-0.4, -0.2) is 19.0 Å². The monoisotopic (exact) mass is 252 g/mol. The van der Waals surface area contributed by atoms with E-state index in [1.165, 1.54) is 22.3 Å². The summed E-state index contributed by atoms with van der Waals surface area (Å²) >= 11 is 0. The van der Waals surface area contributed by atoms with E-state index in [9.17, 15) is 0 Å². The minimum Gasteiger partial charge on any atom is -0.347 e. The summed E-state index contributed by atoms with van der Waals surface area (Å²) in [5.41, 5.74) is 5.26. The first-order valence-corrected chi connectivity index (χ1v) is 6.80. The first-order chi connectivity index (χ1) is 9.36. The number of fused-ring (bicyclic) bond motifs is 3. The Kier molecular flexibility index (Phi) is 2.47. The van der Waals surface area contributed by atoms with E-state index in [1.807, 2.05) is 0 Å². The zero-order valence-electron chi connectivity index (χ0n) is 10.8. The zero-order valence-corrected chi connectivity index (χ0v) is 10.8. The molecule has 96 valence electrons. The van der Waals surface area contributed by atoms with E-state index in [2.05, 4.69) is 48.5 Å². The van der Waals surface area contributed by atoms with Crippen molar-refractivity contribution in [3.8, 4) is 11.1 Å². The fraction of sp³-hybridized carbons (Fsp3) is 0.294. The van der Waals surface area contributed by atoms with Crippen LogP contribution >= 0.6 is 0 Å². The van der Waals surface area contributed by atoms with Gasteiger partial charge in [0.25, 0.3) is 0 Å².